The smallest absolute Gasteiger partial charge is 0.110 e. The average Bonchev–Trinajstić information content (AvgIpc) is 2.29. The van der Waals surface area contributed by atoms with Gasteiger partial charge >= 0.3 is 0 Å². The van der Waals surface area contributed by atoms with E-state index < -0.39 is 0 Å². The lowest BCUT2D eigenvalue weighted by Gasteiger charge is -2.40. The fourth-order valence-corrected chi connectivity index (χ4v) is 1.63. The van der Waals surface area contributed by atoms with E-state index in [4.69, 9.17) is 18.9 Å². The number of hydrogen-bond donors (Lipinski definition) is 1. The highest BCUT2D eigenvalue weighted by Gasteiger charge is 2.41. The molecule has 1 fully saturated rings. The standard InChI is InChI=1S/C11H22O5/c1-3-15-11-9(12)8-10(11)16-7-6-14-5-4-13-2/h9-12H,3-8H2,1-2H3. The zero-order valence-electron chi connectivity index (χ0n) is 10.1. The molecule has 0 heterocycles. The molecule has 0 aliphatic heterocycles. The van der Waals surface area contributed by atoms with Crippen LogP contribution < -0.4 is 0 Å². The van der Waals surface area contributed by atoms with Crippen LogP contribution in [0.4, 0.5) is 0 Å². The zero-order valence-corrected chi connectivity index (χ0v) is 10.1. The maximum Gasteiger partial charge on any atom is 0.110 e. The monoisotopic (exact) mass is 234 g/mol. The van der Waals surface area contributed by atoms with Gasteiger partial charge in [-0.2, -0.15) is 0 Å². The fourth-order valence-electron chi connectivity index (χ4n) is 1.63. The molecule has 1 aliphatic rings. The van der Waals surface area contributed by atoms with E-state index in [0.717, 1.165) is 0 Å². The third-order valence-electron chi connectivity index (χ3n) is 2.57. The SMILES string of the molecule is CCOC1C(O)CC1OCCOCCOC. The molecule has 0 radical (unpaired) electrons. The van der Waals surface area contributed by atoms with Gasteiger partial charge in [0.05, 0.1) is 38.6 Å². The highest BCUT2D eigenvalue weighted by molar-refractivity contribution is 4.91. The molecule has 0 saturated heterocycles. The van der Waals surface area contributed by atoms with Crippen LogP contribution in [-0.4, -0.2) is 63.6 Å². The van der Waals surface area contributed by atoms with Crippen LogP contribution in [0.25, 0.3) is 0 Å². The lowest BCUT2D eigenvalue weighted by molar-refractivity contribution is -0.194. The minimum Gasteiger partial charge on any atom is -0.390 e. The van der Waals surface area contributed by atoms with E-state index in [1.165, 1.54) is 0 Å². The van der Waals surface area contributed by atoms with Crippen LogP contribution in [0.2, 0.25) is 0 Å². The Labute approximate surface area is 96.6 Å². The van der Waals surface area contributed by atoms with Crippen molar-refractivity contribution in [3.63, 3.8) is 0 Å². The Morgan fingerprint density at radius 3 is 2.50 bits per heavy atom. The summed E-state index contributed by atoms with van der Waals surface area (Å²) >= 11 is 0. The molecule has 3 unspecified atom stereocenters. The van der Waals surface area contributed by atoms with Gasteiger partial charge in [0.2, 0.25) is 0 Å². The van der Waals surface area contributed by atoms with E-state index in [9.17, 15) is 5.11 Å². The molecule has 16 heavy (non-hydrogen) atoms. The van der Waals surface area contributed by atoms with Crippen LogP contribution in [0.1, 0.15) is 13.3 Å². The minimum atomic E-state index is -0.376. The summed E-state index contributed by atoms with van der Waals surface area (Å²) in [5.74, 6) is 0. The van der Waals surface area contributed by atoms with Crippen molar-refractivity contribution in [3.05, 3.63) is 0 Å². The average molecular weight is 234 g/mol. The van der Waals surface area contributed by atoms with Crippen molar-refractivity contribution in [1.82, 2.24) is 0 Å². The summed E-state index contributed by atoms with van der Waals surface area (Å²) < 4.78 is 21.0. The highest BCUT2D eigenvalue weighted by Crippen LogP contribution is 2.26. The lowest BCUT2D eigenvalue weighted by atomic mass is 9.88. The van der Waals surface area contributed by atoms with Gasteiger partial charge in [0.25, 0.3) is 0 Å². The van der Waals surface area contributed by atoms with Crippen LogP contribution in [0.15, 0.2) is 0 Å². The molecule has 0 amide bonds. The predicted octanol–water partition coefficient (Wildman–Crippen LogP) is 0.204. The zero-order chi connectivity index (χ0) is 11.8. The van der Waals surface area contributed by atoms with Gasteiger partial charge in [-0.15, -0.1) is 0 Å². The number of methoxy groups -OCH3 is 1. The first-order chi connectivity index (χ1) is 7.79. The number of rotatable bonds is 9. The third kappa shape index (κ3) is 4.35. The molecule has 0 aromatic rings. The van der Waals surface area contributed by atoms with Crippen molar-refractivity contribution < 1.29 is 24.1 Å². The fraction of sp³-hybridized carbons (Fsp3) is 1.00. The topological polar surface area (TPSA) is 57.2 Å². The van der Waals surface area contributed by atoms with E-state index in [0.29, 0.717) is 39.5 Å². The molecule has 5 heteroatoms. The quantitative estimate of drug-likeness (QED) is 0.578. The molecule has 1 aliphatic carbocycles. The van der Waals surface area contributed by atoms with Gasteiger partial charge < -0.3 is 24.1 Å². The van der Waals surface area contributed by atoms with Crippen molar-refractivity contribution in [2.24, 2.45) is 0 Å². The van der Waals surface area contributed by atoms with E-state index in [1.807, 2.05) is 6.92 Å². The molecule has 1 N–H and O–H groups in total. The first kappa shape index (κ1) is 13.9. The molecule has 1 rings (SSSR count). The highest BCUT2D eigenvalue weighted by atomic mass is 16.6. The lowest BCUT2D eigenvalue weighted by Crippen LogP contribution is -2.53. The molecule has 0 aromatic heterocycles. The van der Waals surface area contributed by atoms with Crippen molar-refractivity contribution in [2.75, 3.05) is 40.1 Å². The molecule has 0 bridgehead atoms. The third-order valence-corrected chi connectivity index (χ3v) is 2.57. The molecule has 3 atom stereocenters. The van der Waals surface area contributed by atoms with Crippen molar-refractivity contribution in [1.29, 1.82) is 0 Å². The number of aliphatic hydroxyl groups excluding tert-OH is 1. The number of hydrogen-bond acceptors (Lipinski definition) is 5. The Bertz CT molecular complexity index is 176. The second-order valence-corrected chi connectivity index (χ2v) is 3.74. The molecule has 0 aromatic carbocycles. The first-order valence-electron chi connectivity index (χ1n) is 5.77. The van der Waals surface area contributed by atoms with Crippen LogP contribution in [0.5, 0.6) is 0 Å². The molecule has 5 nitrogen and oxygen atoms in total. The Hall–Kier alpha value is -0.200. The minimum absolute atomic E-state index is 0.0148. The molecular formula is C11H22O5. The van der Waals surface area contributed by atoms with Gasteiger partial charge in [-0.25, -0.2) is 0 Å². The Morgan fingerprint density at radius 2 is 1.88 bits per heavy atom. The van der Waals surface area contributed by atoms with Crippen molar-refractivity contribution >= 4 is 0 Å². The van der Waals surface area contributed by atoms with Crippen LogP contribution >= 0.6 is 0 Å². The Morgan fingerprint density at radius 1 is 1.12 bits per heavy atom. The molecule has 96 valence electrons. The van der Waals surface area contributed by atoms with Crippen LogP contribution in [-0.2, 0) is 18.9 Å². The summed E-state index contributed by atoms with van der Waals surface area (Å²) in [6.07, 6.45) is 0.132. The maximum absolute atomic E-state index is 9.43. The molecule has 0 spiro atoms. The second kappa shape index (κ2) is 7.97. The van der Waals surface area contributed by atoms with E-state index in [-0.39, 0.29) is 18.3 Å². The summed E-state index contributed by atoms with van der Waals surface area (Å²) in [6.45, 7) is 4.78. The Kier molecular flexibility index (Phi) is 6.91. The maximum atomic E-state index is 9.43. The van der Waals surface area contributed by atoms with Crippen LogP contribution in [0, 0.1) is 0 Å². The van der Waals surface area contributed by atoms with Gasteiger partial charge in [-0.05, 0) is 6.92 Å². The van der Waals surface area contributed by atoms with Gasteiger partial charge in [-0.1, -0.05) is 0 Å². The van der Waals surface area contributed by atoms with Crippen molar-refractivity contribution in [3.8, 4) is 0 Å². The van der Waals surface area contributed by atoms with Gasteiger partial charge in [0.1, 0.15) is 6.10 Å². The van der Waals surface area contributed by atoms with E-state index in [1.54, 1.807) is 7.11 Å². The summed E-state index contributed by atoms with van der Waals surface area (Å²) in [5.41, 5.74) is 0. The largest absolute Gasteiger partial charge is 0.390 e. The van der Waals surface area contributed by atoms with Crippen LogP contribution in [0.3, 0.4) is 0 Å². The van der Waals surface area contributed by atoms with Gasteiger partial charge in [0, 0.05) is 20.1 Å². The summed E-state index contributed by atoms with van der Waals surface area (Å²) in [7, 11) is 1.64. The predicted molar refractivity (Wildman–Crippen MR) is 58.5 cm³/mol. The number of ether oxygens (including phenoxy) is 4. The molecule has 1 saturated carbocycles. The number of aliphatic hydroxyl groups is 1. The molecular weight excluding hydrogens is 212 g/mol. The second-order valence-electron chi connectivity index (χ2n) is 3.74. The van der Waals surface area contributed by atoms with E-state index in [2.05, 4.69) is 0 Å². The van der Waals surface area contributed by atoms with Crippen molar-refractivity contribution in [2.45, 2.75) is 31.7 Å². The first-order valence-corrected chi connectivity index (χ1v) is 5.77. The Balaban J connectivity index is 1.96. The normalized spacial score (nSPS) is 29.1. The summed E-state index contributed by atoms with van der Waals surface area (Å²) in [5, 5.41) is 9.43. The van der Waals surface area contributed by atoms with Gasteiger partial charge in [0.15, 0.2) is 0 Å². The summed E-state index contributed by atoms with van der Waals surface area (Å²) in [6, 6.07) is 0. The van der Waals surface area contributed by atoms with Gasteiger partial charge in [-0.3, -0.25) is 0 Å². The van der Waals surface area contributed by atoms with E-state index >= 15 is 0 Å². The summed E-state index contributed by atoms with van der Waals surface area (Å²) in [4.78, 5) is 0.